The van der Waals surface area contributed by atoms with Gasteiger partial charge in [-0.2, -0.15) is 0 Å². The van der Waals surface area contributed by atoms with Crippen LogP contribution in [-0.2, 0) is 25.7 Å². The van der Waals surface area contributed by atoms with Gasteiger partial charge in [-0.25, -0.2) is 0 Å². The Labute approximate surface area is 295 Å². The van der Waals surface area contributed by atoms with Crippen LogP contribution in [0.1, 0.15) is 97.9 Å². The second-order valence-corrected chi connectivity index (χ2v) is 16.2. The minimum absolute atomic E-state index is 1.21. The molecule has 0 saturated carbocycles. The number of hydrogen-bond donors (Lipinski definition) is 0. The van der Waals surface area contributed by atoms with E-state index in [9.17, 15) is 0 Å². The van der Waals surface area contributed by atoms with Crippen LogP contribution in [0.5, 0.6) is 0 Å². The van der Waals surface area contributed by atoms with Crippen LogP contribution in [0.4, 0.5) is 0 Å². The summed E-state index contributed by atoms with van der Waals surface area (Å²) in [6.45, 7) is 0. The number of thiophene rings is 2. The molecular formula is C46H50S2. The molecule has 0 nitrogen and oxygen atoms in total. The van der Waals surface area contributed by atoms with E-state index in [1.807, 2.05) is 22.7 Å². The Morgan fingerprint density at radius 2 is 0.667 bits per heavy atom. The van der Waals surface area contributed by atoms with Crippen LogP contribution in [-0.4, -0.2) is 0 Å². The smallest absolute Gasteiger partial charge is 0.0424 e. The Hall–Kier alpha value is -3.46. The zero-order chi connectivity index (χ0) is 32.4. The highest BCUT2D eigenvalue weighted by atomic mass is 32.1. The van der Waals surface area contributed by atoms with Gasteiger partial charge < -0.3 is 0 Å². The van der Waals surface area contributed by atoms with Crippen LogP contribution in [0.25, 0.3) is 41.7 Å². The van der Waals surface area contributed by atoms with Gasteiger partial charge in [0, 0.05) is 29.9 Å². The van der Waals surface area contributed by atoms with Crippen molar-refractivity contribution < 1.29 is 0 Å². The van der Waals surface area contributed by atoms with Crippen LogP contribution in [0.3, 0.4) is 0 Å². The lowest BCUT2D eigenvalue weighted by Gasteiger charge is -2.05. The molecule has 5 aromatic carbocycles. The summed E-state index contributed by atoms with van der Waals surface area (Å²) < 4.78 is 2.94. The van der Waals surface area contributed by atoms with E-state index in [0.29, 0.717) is 0 Å². The maximum absolute atomic E-state index is 2.47. The molecule has 0 amide bonds. The van der Waals surface area contributed by atoms with Crippen molar-refractivity contribution in [3.63, 3.8) is 0 Å². The van der Waals surface area contributed by atoms with Crippen molar-refractivity contribution in [2.45, 2.75) is 103 Å². The van der Waals surface area contributed by atoms with E-state index < -0.39 is 0 Å². The predicted octanol–water partition coefficient (Wildman–Crippen LogP) is 14.7. The lowest BCUT2D eigenvalue weighted by molar-refractivity contribution is 0.595. The van der Waals surface area contributed by atoms with E-state index in [4.69, 9.17) is 0 Å². The second-order valence-electron chi connectivity index (χ2n) is 13.9. The third kappa shape index (κ3) is 8.57. The molecule has 7 rings (SSSR count). The van der Waals surface area contributed by atoms with Gasteiger partial charge in [-0.1, -0.05) is 136 Å². The Morgan fingerprint density at radius 3 is 1.08 bits per heavy atom. The van der Waals surface area contributed by atoms with Crippen molar-refractivity contribution in [2.75, 3.05) is 0 Å². The van der Waals surface area contributed by atoms with E-state index in [1.54, 1.807) is 9.75 Å². The minimum Gasteiger partial charge on any atom is -0.140 e. The Bertz CT molecular complexity index is 1880. The zero-order valence-electron chi connectivity index (χ0n) is 28.5. The van der Waals surface area contributed by atoms with Gasteiger partial charge in [-0.3, -0.25) is 0 Å². The monoisotopic (exact) mass is 666 g/mol. The maximum atomic E-state index is 2.47. The van der Waals surface area contributed by atoms with E-state index >= 15 is 0 Å². The highest BCUT2D eigenvalue weighted by Gasteiger charge is 2.11. The topological polar surface area (TPSA) is 0 Å². The molecule has 0 bridgehead atoms. The van der Waals surface area contributed by atoms with Gasteiger partial charge in [0.2, 0.25) is 0 Å². The fraction of sp³-hybridized carbons (Fsp3) is 0.348. The third-order valence-electron chi connectivity index (χ3n) is 10.2. The Kier molecular flexibility index (Phi) is 11.6. The molecule has 0 atom stereocenters. The molecule has 0 saturated heterocycles. The number of fused-ring (bicyclic) bond motifs is 6. The summed E-state index contributed by atoms with van der Waals surface area (Å²) in [6.07, 6.45) is 21.0. The molecule has 0 unspecified atom stereocenters. The standard InChI is InChI=1S/C46H50S2/c1(5-11-19-35-21-13-9-14-22-35)3-7-17-25-41-31-39-29-27-37-34-44-38(33-43(37)45(39)47-41)28-30-40-32-42(48-46(40)44)26-18-8-4-2-6-12-20-36-23-15-10-16-24-36/h9-10,13-16,21-24,27-34H,1-8,11-12,17-20,25-26H2. The average molecular weight is 667 g/mol. The number of hydrogen-bond acceptors (Lipinski definition) is 2. The molecular weight excluding hydrogens is 617 g/mol. The van der Waals surface area contributed by atoms with Crippen molar-refractivity contribution in [3.8, 4) is 0 Å². The molecule has 0 aliphatic heterocycles. The summed E-state index contributed by atoms with van der Waals surface area (Å²) in [5, 5.41) is 8.45. The van der Waals surface area contributed by atoms with E-state index in [0.717, 1.165) is 0 Å². The average Bonchev–Trinajstić information content (AvgIpc) is 3.75. The molecule has 7 aromatic rings. The fourth-order valence-electron chi connectivity index (χ4n) is 7.45. The van der Waals surface area contributed by atoms with Gasteiger partial charge in [0.05, 0.1) is 0 Å². The van der Waals surface area contributed by atoms with Crippen LogP contribution < -0.4 is 0 Å². The third-order valence-corrected chi connectivity index (χ3v) is 12.7. The normalized spacial score (nSPS) is 11.8. The van der Waals surface area contributed by atoms with Crippen molar-refractivity contribution in [3.05, 3.63) is 130 Å². The molecule has 48 heavy (non-hydrogen) atoms. The Morgan fingerprint density at radius 1 is 0.312 bits per heavy atom. The van der Waals surface area contributed by atoms with Gasteiger partial charge in [0.15, 0.2) is 0 Å². The first-order valence-electron chi connectivity index (χ1n) is 18.7. The molecule has 2 heteroatoms. The first kappa shape index (κ1) is 33.1. The van der Waals surface area contributed by atoms with Crippen molar-refractivity contribution >= 4 is 64.4 Å². The molecule has 0 spiro atoms. The largest absolute Gasteiger partial charge is 0.140 e. The van der Waals surface area contributed by atoms with E-state index in [-0.39, 0.29) is 0 Å². The van der Waals surface area contributed by atoms with Crippen LogP contribution in [0, 0.1) is 0 Å². The van der Waals surface area contributed by atoms with Crippen LogP contribution in [0.15, 0.2) is 109 Å². The molecule has 2 aromatic heterocycles. The molecule has 2 heterocycles. The number of rotatable bonds is 18. The van der Waals surface area contributed by atoms with Crippen molar-refractivity contribution in [1.29, 1.82) is 0 Å². The SMILES string of the molecule is c1ccc(CCCCCCCCc2cc3ccc4cc5c(ccc6cc(CCCCCCCCc7ccccc7)sc65)cc4c3s2)cc1. The highest BCUT2D eigenvalue weighted by Crippen LogP contribution is 2.39. The summed E-state index contributed by atoms with van der Waals surface area (Å²) in [5.74, 6) is 0. The van der Waals surface area contributed by atoms with Gasteiger partial charge in [-0.15, -0.1) is 22.7 Å². The zero-order valence-corrected chi connectivity index (χ0v) is 30.2. The number of benzene rings is 5. The summed E-state index contributed by atoms with van der Waals surface area (Å²) in [5.41, 5.74) is 2.96. The summed E-state index contributed by atoms with van der Waals surface area (Å²) in [4.78, 5) is 3.10. The lowest BCUT2D eigenvalue weighted by Crippen LogP contribution is -1.86. The molecule has 246 valence electrons. The molecule has 0 aliphatic rings. The summed E-state index contributed by atoms with van der Waals surface area (Å²) >= 11 is 4.06. The van der Waals surface area contributed by atoms with E-state index in [2.05, 4.69) is 109 Å². The lowest BCUT2D eigenvalue weighted by atomic mass is 10.0. The molecule has 0 fully saturated rings. The quantitative estimate of drug-likeness (QED) is 0.0631. The first-order valence-corrected chi connectivity index (χ1v) is 20.3. The highest BCUT2D eigenvalue weighted by molar-refractivity contribution is 7.20. The first-order chi connectivity index (χ1) is 23.8. The minimum atomic E-state index is 1.21. The predicted molar refractivity (Wildman–Crippen MR) is 215 cm³/mol. The maximum Gasteiger partial charge on any atom is 0.0424 e. The van der Waals surface area contributed by atoms with Crippen LogP contribution in [0.2, 0.25) is 0 Å². The fourth-order valence-corrected chi connectivity index (χ4v) is 9.91. The Balaban J connectivity index is 0.900. The van der Waals surface area contributed by atoms with Crippen molar-refractivity contribution in [1.82, 2.24) is 0 Å². The van der Waals surface area contributed by atoms with Gasteiger partial charge in [0.1, 0.15) is 0 Å². The summed E-state index contributed by atoms with van der Waals surface area (Å²) in [7, 11) is 0. The van der Waals surface area contributed by atoms with Gasteiger partial charge in [0.25, 0.3) is 0 Å². The number of unbranched alkanes of at least 4 members (excludes halogenated alkanes) is 10. The van der Waals surface area contributed by atoms with Gasteiger partial charge in [-0.05, 0) is 108 Å². The van der Waals surface area contributed by atoms with Crippen LogP contribution >= 0.6 is 22.7 Å². The second kappa shape index (κ2) is 16.8. The van der Waals surface area contributed by atoms with E-state index in [1.165, 1.54) is 156 Å². The molecule has 0 radical (unpaired) electrons. The van der Waals surface area contributed by atoms with Crippen molar-refractivity contribution in [2.24, 2.45) is 0 Å². The molecule has 0 N–H and O–H groups in total. The summed E-state index contributed by atoms with van der Waals surface area (Å²) in [6, 6.07) is 41.2. The number of aryl methyl sites for hydroxylation is 4. The molecule has 0 aliphatic carbocycles. The van der Waals surface area contributed by atoms with Gasteiger partial charge >= 0.3 is 0 Å².